The summed E-state index contributed by atoms with van der Waals surface area (Å²) in [5.74, 6) is 0.647. The van der Waals surface area contributed by atoms with E-state index in [2.05, 4.69) is 45.5 Å². The lowest BCUT2D eigenvalue weighted by atomic mass is 9.79. The molecule has 0 aliphatic rings. The van der Waals surface area contributed by atoms with Gasteiger partial charge >= 0.3 is 0 Å². The molecule has 658 valence electrons. The van der Waals surface area contributed by atoms with Crippen LogP contribution in [0.3, 0.4) is 0 Å². The summed E-state index contributed by atoms with van der Waals surface area (Å²) in [6.45, 7) is 28.1. The molecule has 26 heteroatoms. The molecule has 0 bridgehead atoms. The van der Waals surface area contributed by atoms with Gasteiger partial charge in [0.1, 0.15) is 45.5 Å². The molecule has 0 aromatic heterocycles. The average Bonchev–Trinajstić information content (AvgIpc) is 0.886. The lowest BCUT2D eigenvalue weighted by molar-refractivity contribution is -0.179. The number of hydrogen-bond acceptors (Lipinski definition) is 26. The topological polar surface area (TPSA) is 341 Å². The molecule has 0 aromatic carbocycles. The number of carbonyl (C=O) groups is 4. The van der Waals surface area contributed by atoms with Gasteiger partial charge in [-0.2, -0.15) is 21.0 Å². The number of unbranched alkanes of at least 4 members (excludes halogenated alkanes) is 1. The second-order valence-corrected chi connectivity index (χ2v) is 16.1. The maximum atomic E-state index is 8.98. The summed E-state index contributed by atoms with van der Waals surface area (Å²) >= 11 is 0. The van der Waals surface area contributed by atoms with Gasteiger partial charge in [-0.05, 0) is 71.3 Å². The van der Waals surface area contributed by atoms with Crippen LogP contribution in [0.15, 0.2) is 0 Å². The van der Waals surface area contributed by atoms with Gasteiger partial charge in [0, 0.05) is 59.3 Å². The number of carbonyl (C=O) groups excluding carboxylic acids is 4. The summed E-state index contributed by atoms with van der Waals surface area (Å²) in [5, 5.41) is 49.7. The molecular weight excluding hydrogens is 1340 g/mol. The van der Waals surface area contributed by atoms with Gasteiger partial charge in [0.05, 0.1) is 176 Å². The van der Waals surface area contributed by atoms with E-state index in [1.165, 1.54) is 0 Å². The van der Waals surface area contributed by atoms with Gasteiger partial charge in [0.25, 0.3) is 0 Å². The van der Waals surface area contributed by atoms with Crippen molar-refractivity contribution >= 4 is 27.2 Å². The van der Waals surface area contributed by atoms with E-state index in [0.717, 1.165) is 38.9 Å². The quantitative estimate of drug-likeness (QED) is 0.0325. The third-order valence-electron chi connectivity index (χ3n) is 10.6. The van der Waals surface area contributed by atoms with Gasteiger partial charge in [-0.15, -0.1) is 0 Å². The molecule has 104 heavy (non-hydrogen) atoms. The summed E-state index contributed by atoms with van der Waals surface area (Å²) in [7, 11) is 0. The Balaban J connectivity index is -0.0000000627. The van der Waals surface area contributed by atoms with Crippen molar-refractivity contribution in [2.45, 2.75) is 269 Å². The first kappa shape index (κ1) is 194. The summed E-state index contributed by atoms with van der Waals surface area (Å²) < 4.78 is 82.8. The SMILES string of the molecule is C.C.C.C.C.C.C.C.C.C.C.C.C.C.C.C.C.C.C.C.C.C.C.C.C=O.C=O.C=O.C=O.CCOCNCCC(CNCOCC)C(CNCOCC)C(CNCOCC)COCCCCOCC(OCCOCCC#N)C(OCCOCCC#N)C(COCCOCCC#N)OCCOCCC#N. The summed E-state index contributed by atoms with van der Waals surface area (Å²) in [5.41, 5.74) is 0. The van der Waals surface area contributed by atoms with E-state index in [0.29, 0.717) is 86.3 Å². The third-order valence-corrected chi connectivity index (χ3v) is 10.6. The van der Waals surface area contributed by atoms with Crippen LogP contribution >= 0.6 is 0 Å². The van der Waals surface area contributed by atoms with E-state index < -0.39 is 18.3 Å². The fourth-order valence-electron chi connectivity index (χ4n) is 7.02. The molecule has 0 aromatic rings. The van der Waals surface area contributed by atoms with Gasteiger partial charge in [0.15, 0.2) is 0 Å². The van der Waals surface area contributed by atoms with Crippen LogP contribution in [0.2, 0.25) is 0 Å². The maximum Gasteiger partial charge on any atom is 0.114 e. The summed E-state index contributed by atoms with van der Waals surface area (Å²) in [6.07, 6.45) is 1.42. The molecule has 26 nitrogen and oxygen atoms in total. The second kappa shape index (κ2) is 183. The molecule has 0 aliphatic heterocycles. The number of nitrogens with one attached hydrogen (secondary N) is 4. The third kappa shape index (κ3) is 140. The lowest BCUT2D eigenvalue weighted by Crippen LogP contribution is -2.48. The highest BCUT2D eigenvalue weighted by Gasteiger charge is 2.34. The predicted molar refractivity (Wildman–Crippen MR) is 458 cm³/mol. The first-order valence-electron chi connectivity index (χ1n) is 27.2. The molecule has 0 saturated carbocycles. The van der Waals surface area contributed by atoms with E-state index >= 15 is 0 Å². The number of nitriles is 4. The van der Waals surface area contributed by atoms with E-state index in [1.54, 1.807) is 0 Å². The standard InChI is InChI=1S/C50H94N8O14.4CH2O.24CH4/c1-5-59-41-55-20-15-45(35-56-42-60-6-2)47(37-58-44-62-8-4)46(36-57-43-61-7-3)38-67-21-9-10-22-68-39-48(70-32-29-64-24-12-17-52)50(72-34-31-66-26-14-19-54)49(71-33-30-65-25-13-18-53)40-69-28-27-63-23-11-16-51;4*1-2;;;;;;;;;;;;;;;;;;;;;;;;/h45-50,55-58H,5-15,20-44H2,1-4H3;4*1H2;24*1H4. The zero-order chi connectivity index (χ0) is 60.5. The first-order valence-corrected chi connectivity index (χ1v) is 27.2. The zero-order valence-corrected chi connectivity index (χ0v) is 48.9. The lowest BCUT2D eigenvalue weighted by Gasteiger charge is -2.35. The fourth-order valence-corrected chi connectivity index (χ4v) is 7.02. The Morgan fingerprint density at radius 3 is 0.865 bits per heavy atom. The highest BCUT2D eigenvalue weighted by Crippen LogP contribution is 2.25. The van der Waals surface area contributed by atoms with Crippen LogP contribution in [-0.4, -0.2) is 237 Å². The molecule has 4 N–H and O–H groups in total. The Hall–Kier alpha value is -4.08. The average molecular weight is 1540 g/mol. The van der Waals surface area contributed by atoms with Crippen molar-refractivity contribution in [3.63, 3.8) is 0 Å². The minimum Gasteiger partial charge on any atom is -0.381 e. The minimum absolute atomic E-state index is 0. The van der Waals surface area contributed by atoms with Crippen LogP contribution < -0.4 is 21.3 Å². The van der Waals surface area contributed by atoms with E-state index in [-0.39, 0.29) is 308 Å². The van der Waals surface area contributed by atoms with Crippen LogP contribution in [0.4, 0.5) is 0 Å². The summed E-state index contributed by atoms with van der Waals surface area (Å²) in [6, 6.07) is 8.28. The van der Waals surface area contributed by atoms with Gasteiger partial charge < -0.3 is 85.5 Å². The van der Waals surface area contributed by atoms with Crippen molar-refractivity contribution in [1.82, 2.24) is 21.3 Å². The van der Waals surface area contributed by atoms with Crippen LogP contribution in [0.1, 0.15) is 251 Å². The van der Waals surface area contributed by atoms with Crippen molar-refractivity contribution in [2.24, 2.45) is 17.8 Å². The molecular formula is C78H198N8O18. The van der Waals surface area contributed by atoms with E-state index in [1.807, 2.05) is 54.9 Å². The molecule has 0 spiro atoms. The Labute approximate surface area is 655 Å². The van der Waals surface area contributed by atoms with Crippen molar-refractivity contribution in [3.8, 4) is 24.3 Å². The number of rotatable bonds is 59. The zero-order valence-electron chi connectivity index (χ0n) is 48.9. The number of nitrogens with zero attached hydrogens (tertiary/aromatic N) is 4. The van der Waals surface area contributed by atoms with Gasteiger partial charge in [-0.1, -0.05) is 178 Å². The molecule has 0 fully saturated rings. The maximum absolute atomic E-state index is 8.98. The van der Waals surface area contributed by atoms with Gasteiger partial charge in [0.2, 0.25) is 0 Å². The van der Waals surface area contributed by atoms with Gasteiger partial charge in [-0.3, -0.25) is 21.3 Å². The number of hydrogen-bond donors (Lipinski definition) is 4. The minimum atomic E-state index is -0.714. The van der Waals surface area contributed by atoms with Crippen LogP contribution in [0, 0.1) is 63.1 Å². The van der Waals surface area contributed by atoms with E-state index in [9.17, 15) is 0 Å². The van der Waals surface area contributed by atoms with Gasteiger partial charge in [-0.25, -0.2) is 0 Å². The van der Waals surface area contributed by atoms with E-state index in [4.69, 9.17) is 107 Å². The second-order valence-electron chi connectivity index (χ2n) is 16.1. The van der Waals surface area contributed by atoms with Crippen molar-refractivity contribution < 1.29 is 85.5 Å². The Morgan fingerprint density at radius 2 is 0.548 bits per heavy atom. The largest absolute Gasteiger partial charge is 0.381 e. The molecule has 6 unspecified atom stereocenters. The van der Waals surface area contributed by atoms with Crippen LogP contribution in [-0.2, 0) is 85.5 Å². The molecule has 0 rings (SSSR count). The van der Waals surface area contributed by atoms with Crippen LogP contribution in [0.5, 0.6) is 0 Å². The molecule has 0 saturated heterocycles. The molecule has 0 amide bonds. The number of ether oxygens (including phenoxy) is 14. The normalized spacial score (nSPS) is 9.81. The Morgan fingerprint density at radius 1 is 0.288 bits per heavy atom. The smallest absolute Gasteiger partial charge is 0.114 e. The highest BCUT2D eigenvalue weighted by atomic mass is 16.6. The molecule has 0 radical (unpaired) electrons. The molecule has 0 heterocycles. The molecule has 6 atom stereocenters. The Kier molecular flexibility index (Phi) is 343. The van der Waals surface area contributed by atoms with Crippen LogP contribution in [0.25, 0.3) is 0 Å². The Bertz CT molecular complexity index is 1390. The summed E-state index contributed by atoms with van der Waals surface area (Å²) in [4.78, 5) is 32.0. The van der Waals surface area contributed by atoms with Crippen molar-refractivity contribution in [3.05, 3.63) is 0 Å². The molecule has 0 aliphatic carbocycles. The fraction of sp³-hybridized carbons (Fsp3) is 0.897. The monoisotopic (exact) mass is 1540 g/mol. The van der Waals surface area contributed by atoms with Crippen molar-refractivity contribution in [2.75, 3.05) is 192 Å². The highest BCUT2D eigenvalue weighted by molar-refractivity contribution is 5.11. The predicted octanol–water partition coefficient (Wildman–Crippen LogP) is 17.8. The first-order chi connectivity index (χ1) is 39.6. The van der Waals surface area contributed by atoms with Crippen molar-refractivity contribution in [1.29, 1.82) is 21.0 Å².